The minimum absolute atomic E-state index is 0.0896. The number of aromatic nitrogens is 1. The van der Waals surface area contributed by atoms with Gasteiger partial charge >= 0.3 is 0 Å². The SMILES string of the molecule is CC1CCC(NC(=O)c2cnc3cc(F)ccc3c2)CC1. The van der Waals surface area contributed by atoms with Crippen LogP contribution in [0.25, 0.3) is 10.9 Å². The second kappa shape index (κ2) is 5.80. The molecule has 3 rings (SSSR count). The summed E-state index contributed by atoms with van der Waals surface area (Å²) in [5.74, 6) is 0.354. The summed E-state index contributed by atoms with van der Waals surface area (Å²) in [5.41, 5.74) is 1.10. The number of hydrogen-bond donors (Lipinski definition) is 1. The summed E-state index contributed by atoms with van der Waals surface area (Å²) >= 11 is 0. The number of rotatable bonds is 2. The molecule has 1 heterocycles. The third-order valence-corrected chi connectivity index (χ3v) is 4.26. The zero-order valence-corrected chi connectivity index (χ0v) is 12.1. The fourth-order valence-corrected chi connectivity index (χ4v) is 2.89. The van der Waals surface area contributed by atoms with Crippen molar-refractivity contribution in [2.24, 2.45) is 5.92 Å². The first-order valence-corrected chi connectivity index (χ1v) is 7.48. The number of amides is 1. The summed E-state index contributed by atoms with van der Waals surface area (Å²) < 4.78 is 13.1. The molecule has 0 spiro atoms. The van der Waals surface area contributed by atoms with Crippen LogP contribution in [0.5, 0.6) is 0 Å². The van der Waals surface area contributed by atoms with Crippen LogP contribution >= 0.6 is 0 Å². The molecule has 1 saturated carbocycles. The third kappa shape index (κ3) is 3.20. The van der Waals surface area contributed by atoms with Crippen LogP contribution < -0.4 is 5.32 Å². The zero-order chi connectivity index (χ0) is 14.8. The van der Waals surface area contributed by atoms with Gasteiger partial charge in [0.15, 0.2) is 0 Å². The number of halogens is 1. The summed E-state index contributed by atoms with van der Waals surface area (Å²) in [5, 5.41) is 3.86. The van der Waals surface area contributed by atoms with Gasteiger partial charge in [-0.25, -0.2) is 4.39 Å². The van der Waals surface area contributed by atoms with Crippen molar-refractivity contribution in [3.8, 4) is 0 Å². The van der Waals surface area contributed by atoms with Crippen LogP contribution in [-0.4, -0.2) is 16.9 Å². The van der Waals surface area contributed by atoms with Gasteiger partial charge in [-0.1, -0.05) is 6.92 Å². The van der Waals surface area contributed by atoms with Crippen LogP contribution in [-0.2, 0) is 0 Å². The Hall–Kier alpha value is -1.97. The molecule has 3 nitrogen and oxygen atoms in total. The van der Waals surface area contributed by atoms with Gasteiger partial charge < -0.3 is 5.32 Å². The lowest BCUT2D eigenvalue weighted by Gasteiger charge is -2.26. The molecule has 0 unspecified atom stereocenters. The van der Waals surface area contributed by atoms with Crippen LogP contribution in [0.2, 0.25) is 0 Å². The number of nitrogens with one attached hydrogen (secondary N) is 1. The van der Waals surface area contributed by atoms with Crippen LogP contribution in [0, 0.1) is 11.7 Å². The van der Waals surface area contributed by atoms with E-state index in [9.17, 15) is 9.18 Å². The Kier molecular flexibility index (Phi) is 3.86. The predicted octanol–water partition coefficient (Wildman–Crippen LogP) is 3.68. The first kappa shape index (κ1) is 14.0. The molecular weight excluding hydrogens is 267 g/mol. The third-order valence-electron chi connectivity index (χ3n) is 4.26. The molecule has 21 heavy (non-hydrogen) atoms. The highest BCUT2D eigenvalue weighted by Gasteiger charge is 2.20. The molecule has 1 aliphatic carbocycles. The molecule has 1 fully saturated rings. The lowest BCUT2D eigenvalue weighted by molar-refractivity contribution is 0.0923. The van der Waals surface area contributed by atoms with Gasteiger partial charge in [-0.15, -0.1) is 0 Å². The van der Waals surface area contributed by atoms with Crippen LogP contribution in [0.4, 0.5) is 4.39 Å². The molecule has 0 saturated heterocycles. The summed E-state index contributed by atoms with van der Waals surface area (Å²) in [6, 6.07) is 6.44. The molecule has 1 N–H and O–H groups in total. The lowest BCUT2D eigenvalue weighted by Crippen LogP contribution is -2.37. The zero-order valence-electron chi connectivity index (χ0n) is 12.1. The van der Waals surface area contributed by atoms with E-state index in [4.69, 9.17) is 0 Å². The van der Waals surface area contributed by atoms with Crippen molar-refractivity contribution in [2.45, 2.75) is 38.6 Å². The molecule has 110 valence electrons. The van der Waals surface area contributed by atoms with Crippen LogP contribution in [0.1, 0.15) is 43.0 Å². The molecule has 4 heteroatoms. The van der Waals surface area contributed by atoms with E-state index >= 15 is 0 Å². The van der Waals surface area contributed by atoms with E-state index < -0.39 is 0 Å². The molecular formula is C17H19FN2O. The van der Waals surface area contributed by atoms with Gasteiger partial charge in [-0.05, 0) is 49.8 Å². The average molecular weight is 286 g/mol. The lowest BCUT2D eigenvalue weighted by atomic mass is 9.87. The quantitative estimate of drug-likeness (QED) is 0.915. The fourth-order valence-electron chi connectivity index (χ4n) is 2.89. The van der Waals surface area contributed by atoms with Crippen molar-refractivity contribution in [1.29, 1.82) is 0 Å². The van der Waals surface area contributed by atoms with E-state index in [1.807, 2.05) is 0 Å². The highest BCUT2D eigenvalue weighted by atomic mass is 19.1. The van der Waals surface area contributed by atoms with Crippen molar-refractivity contribution in [2.75, 3.05) is 0 Å². The molecule has 1 amide bonds. The largest absolute Gasteiger partial charge is 0.349 e. The topological polar surface area (TPSA) is 42.0 Å². The van der Waals surface area contributed by atoms with Gasteiger partial charge in [0.2, 0.25) is 0 Å². The molecule has 0 radical (unpaired) electrons. The van der Waals surface area contributed by atoms with Crippen molar-refractivity contribution in [3.05, 3.63) is 41.8 Å². The second-order valence-electron chi connectivity index (χ2n) is 5.99. The Balaban J connectivity index is 1.74. The normalized spacial score (nSPS) is 22.2. The summed E-state index contributed by atoms with van der Waals surface area (Å²) in [6.45, 7) is 2.25. The maximum Gasteiger partial charge on any atom is 0.253 e. The van der Waals surface area contributed by atoms with Gasteiger partial charge in [0.25, 0.3) is 5.91 Å². The highest BCUT2D eigenvalue weighted by Crippen LogP contribution is 2.23. The monoisotopic (exact) mass is 286 g/mol. The van der Waals surface area contributed by atoms with Gasteiger partial charge in [0.05, 0.1) is 11.1 Å². The second-order valence-corrected chi connectivity index (χ2v) is 5.99. The summed E-state index contributed by atoms with van der Waals surface area (Å²) in [4.78, 5) is 16.4. The first-order valence-electron chi connectivity index (χ1n) is 7.48. The van der Waals surface area contributed by atoms with Crippen molar-refractivity contribution in [1.82, 2.24) is 10.3 Å². The number of fused-ring (bicyclic) bond motifs is 1. The molecule has 1 aliphatic rings. The van der Waals surface area contributed by atoms with Gasteiger partial charge in [-0.3, -0.25) is 9.78 Å². The maximum atomic E-state index is 13.1. The van der Waals surface area contributed by atoms with Crippen LogP contribution in [0.3, 0.4) is 0 Å². The number of carbonyl (C=O) groups is 1. The van der Waals surface area contributed by atoms with Gasteiger partial charge in [-0.2, -0.15) is 0 Å². The Morgan fingerprint density at radius 2 is 2.00 bits per heavy atom. The fraction of sp³-hybridized carbons (Fsp3) is 0.412. The number of nitrogens with zero attached hydrogens (tertiary/aromatic N) is 1. The van der Waals surface area contributed by atoms with E-state index in [-0.39, 0.29) is 17.8 Å². The number of benzene rings is 1. The summed E-state index contributed by atoms with van der Waals surface area (Å²) in [6.07, 6.45) is 5.93. The van der Waals surface area contributed by atoms with Gasteiger partial charge in [0.1, 0.15) is 5.82 Å². The Morgan fingerprint density at radius 3 is 2.76 bits per heavy atom. The van der Waals surface area contributed by atoms with E-state index in [0.717, 1.165) is 24.1 Å². The molecule has 0 aliphatic heterocycles. The van der Waals surface area contributed by atoms with E-state index in [1.54, 1.807) is 12.1 Å². The standard InChI is InChI=1S/C17H19FN2O/c1-11-2-6-15(7-3-11)20-17(21)13-8-12-4-5-14(18)9-16(12)19-10-13/h4-5,8-11,15H,2-3,6-7H2,1H3,(H,20,21). The Labute approximate surface area is 123 Å². The highest BCUT2D eigenvalue weighted by molar-refractivity contribution is 5.97. The van der Waals surface area contributed by atoms with Gasteiger partial charge in [0, 0.05) is 23.7 Å². The van der Waals surface area contributed by atoms with Crippen molar-refractivity contribution < 1.29 is 9.18 Å². The number of carbonyl (C=O) groups excluding carboxylic acids is 1. The van der Waals surface area contributed by atoms with Crippen molar-refractivity contribution in [3.63, 3.8) is 0 Å². The number of pyridine rings is 1. The average Bonchev–Trinajstić information content (AvgIpc) is 2.49. The van der Waals surface area contributed by atoms with Crippen LogP contribution in [0.15, 0.2) is 30.5 Å². The smallest absolute Gasteiger partial charge is 0.253 e. The minimum Gasteiger partial charge on any atom is -0.349 e. The minimum atomic E-state index is -0.316. The first-order chi connectivity index (χ1) is 10.1. The van der Waals surface area contributed by atoms with E-state index in [2.05, 4.69) is 17.2 Å². The maximum absolute atomic E-state index is 13.1. The molecule has 1 aromatic carbocycles. The predicted molar refractivity (Wildman–Crippen MR) is 80.6 cm³/mol. The summed E-state index contributed by atoms with van der Waals surface area (Å²) in [7, 11) is 0. The Morgan fingerprint density at radius 1 is 1.24 bits per heavy atom. The Bertz CT molecular complexity index is 663. The number of hydrogen-bond acceptors (Lipinski definition) is 2. The van der Waals surface area contributed by atoms with E-state index in [0.29, 0.717) is 11.1 Å². The molecule has 2 aromatic rings. The van der Waals surface area contributed by atoms with Crippen molar-refractivity contribution >= 4 is 16.8 Å². The molecule has 0 bridgehead atoms. The molecule has 1 aromatic heterocycles. The molecule has 0 atom stereocenters. The van der Waals surface area contributed by atoms with E-state index in [1.165, 1.54) is 31.2 Å².